The second kappa shape index (κ2) is 10.5. The molecule has 6 heteroatoms. The summed E-state index contributed by atoms with van der Waals surface area (Å²) in [5.74, 6) is 4.28. The predicted molar refractivity (Wildman–Crippen MR) is 155 cm³/mol. The maximum absolute atomic E-state index is 12.5. The first-order valence-electron chi connectivity index (χ1n) is 15.9. The van der Waals surface area contributed by atoms with Crippen LogP contribution in [-0.4, -0.2) is 34.1 Å². The molecule has 0 radical (unpaired) electrons. The molecule has 4 saturated carbocycles. The molecule has 1 aromatic heterocycles. The molecule has 40 heavy (non-hydrogen) atoms. The standard InChI is InChI=1S/C34H48N2O4/c1-20(10-15-32-35-29-8-6-7-9-30(29)36-32)26-13-14-27-25-12-11-23-18-24(39-21(2)37)16-17-33(23,4)28(25)19-31(34(26,27)5)40-22(3)38/h6-9,20,23-28,31H,10-19H2,1-5H3,(H,35,36)/t20-,23-,24-,25-,26+,27+,28-,31+,33+,34-/m1/s1. The van der Waals surface area contributed by atoms with Crippen molar-refractivity contribution in [1.29, 1.82) is 0 Å². The van der Waals surface area contributed by atoms with Crippen molar-refractivity contribution in [2.24, 2.45) is 46.3 Å². The molecule has 1 aromatic carbocycles. The summed E-state index contributed by atoms with van der Waals surface area (Å²) in [5.41, 5.74) is 2.39. The number of aryl methyl sites for hydroxylation is 1. The van der Waals surface area contributed by atoms with Crippen LogP contribution < -0.4 is 0 Å². The Kier molecular flexibility index (Phi) is 7.28. The minimum Gasteiger partial charge on any atom is -0.463 e. The van der Waals surface area contributed by atoms with E-state index >= 15 is 0 Å². The Morgan fingerprint density at radius 3 is 2.52 bits per heavy atom. The van der Waals surface area contributed by atoms with E-state index in [0.717, 1.165) is 55.4 Å². The average molecular weight is 549 g/mol. The average Bonchev–Trinajstić information content (AvgIpc) is 3.49. The number of carbonyl (C=O) groups is 2. The maximum atomic E-state index is 12.5. The number of hydrogen-bond donors (Lipinski definition) is 1. The molecule has 0 saturated heterocycles. The van der Waals surface area contributed by atoms with Gasteiger partial charge < -0.3 is 14.5 Å². The summed E-state index contributed by atoms with van der Waals surface area (Å²) < 4.78 is 12.0. The summed E-state index contributed by atoms with van der Waals surface area (Å²) in [6, 6.07) is 8.26. The van der Waals surface area contributed by atoms with Crippen LogP contribution >= 0.6 is 0 Å². The number of nitrogens with zero attached hydrogens (tertiary/aromatic N) is 1. The van der Waals surface area contributed by atoms with Gasteiger partial charge in [-0.3, -0.25) is 9.59 Å². The molecule has 4 aliphatic carbocycles. The van der Waals surface area contributed by atoms with Gasteiger partial charge in [0.2, 0.25) is 0 Å². The zero-order valence-corrected chi connectivity index (χ0v) is 25.1. The third kappa shape index (κ3) is 4.67. The molecule has 0 bridgehead atoms. The molecular weight excluding hydrogens is 500 g/mol. The number of esters is 2. The van der Waals surface area contributed by atoms with Gasteiger partial charge in [-0.25, -0.2) is 4.98 Å². The second-order valence-electron chi connectivity index (χ2n) is 14.3. The van der Waals surface area contributed by atoms with Crippen LogP contribution in [0.3, 0.4) is 0 Å². The number of imidazole rings is 1. The van der Waals surface area contributed by atoms with Gasteiger partial charge in [0.15, 0.2) is 0 Å². The molecule has 0 aliphatic heterocycles. The van der Waals surface area contributed by atoms with Gasteiger partial charge in [-0.15, -0.1) is 0 Å². The van der Waals surface area contributed by atoms with E-state index in [9.17, 15) is 9.59 Å². The highest BCUT2D eigenvalue weighted by Gasteiger charge is 2.65. The number of para-hydroxylation sites is 2. The Labute approximate surface area is 239 Å². The maximum Gasteiger partial charge on any atom is 0.302 e. The van der Waals surface area contributed by atoms with E-state index in [-0.39, 0.29) is 35.0 Å². The third-order valence-corrected chi connectivity index (χ3v) is 12.4. The number of hydrogen-bond acceptors (Lipinski definition) is 5. The predicted octanol–water partition coefficient (Wildman–Crippen LogP) is 7.26. The van der Waals surface area contributed by atoms with Gasteiger partial charge in [-0.05, 0) is 111 Å². The zero-order valence-electron chi connectivity index (χ0n) is 25.1. The molecule has 1 heterocycles. The zero-order chi connectivity index (χ0) is 28.2. The molecule has 4 fully saturated rings. The smallest absolute Gasteiger partial charge is 0.302 e. The number of carbonyl (C=O) groups excluding carboxylic acids is 2. The monoisotopic (exact) mass is 548 g/mol. The lowest BCUT2D eigenvalue weighted by molar-refractivity contribution is -0.197. The number of benzene rings is 1. The van der Waals surface area contributed by atoms with E-state index in [2.05, 4.69) is 44.0 Å². The number of fused-ring (bicyclic) bond motifs is 6. The molecule has 1 N–H and O–H groups in total. The van der Waals surface area contributed by atoms with Crippen molar-refractivity contribution in [3.63, 3.8) is 0 Å². The summed E-state index contributed by atoms with van der Waals surface area (Å²) in [6.07, 6.45) is 11.0. The molecule has 6 rings (SSSR count). The Balaban J connectivity index is 1.22. The van der Waals surface area contributed by atoms with Crippen molar-refractivity contribution in [2.45, 2.75) is 111 Å². The molecule has 2 aromatic rings. The summed E-state index contributed by atoms with van der Waals surface area (Å²) in [6.45, 7) is 10.5. The van der Waals surface area contributed by atoms with Gasteiger partial charge in [-0.2, -0.15) is 0 Å². The Bertz CT molecular complexity index is 1220. The SMILES string of the molecule is CC(=O)O[C@@H]1CC[C@@]2(C)[C@H](CC[C@H]3[C@H]2C[C@H](OC(C)=O)[C@@]2(C)[C@H]3CC[C@H]2[C@H](C)CCc2nc3ccccc3[nH]2)C1. The van der Waals surface area contributed by atoms with Crippen molar-refractivity contribution in [3.05, 3.63) is 30.1 Å². The van der Waals surface area contributed by atoms with Gasteiger partial charge in [0, 0.05) is 25.7 Å². The number of H-pyrrole nitrogens is 1. The first-order valence-corrected chi connectivity index (χ1v) is 15.9. The van der Waals surface area contributed by atoms with Crippen LogP contribution in [0.25, 0.3) is 11.0 Å². The fraction of sp³-hybridized carbons (Fsp3) is 0.735. The quantitative estimate of drug-likeness (QED) is 0.384. The lowest BCUT2D eigenvalue weighted by Crippen LogP contribution is -2.59. The Morgan fingerprint density at radius 1 is 1.00 bits per heavy atom. The van der Waals surface area contributed by atoms with Gasteiger partial charge in [-0.1, -0.05) is 32.9 Å². The van der Waals surface area contributed by atoms with Crippen LogP contribution in [0.1, 0.15) is 98.2 Å². The van der Waals surface area contributed by atoms with E-state index < -0.39 is 0 Å². The lowest BCUT2D eigenvalue weighted by atomic mass is 9.43. The highest BCUT2D eigenvalue weighted by Crippen LogP contribution is 2.69. The second-order valence-corrected chi connectivity index (χ2v) is 14.3. The highest BCUT2D eigenvalue weighted by atomic mass is 16.5. The van der Waals surface area contributed by atoms with Gasteiger partial charge in [0.05, 0.1) is 11.0 Å². The van der Waals surface area contributed by atoms with Gasteiger partial charge >= 0.3 is 11.9 Å². The molecular formula is C34H48N2O4. The van der Waals surface area contributed by atoms with Gasteiger partial charge in [0.1, 0.15) is 18.0 Å². The van der Waals surface area contributed by atoms with E-state index in [1.54, 1.807) is 6.92 Å². The van der Waals surface area contributed by atoms with Crippen LogP contribution in [0.2, 0.25) is 0 Å². The van der Waals surface area contributed by atoms with Crippen LogP contribution in [-0.2, 0) is 25.5 Å². The van der Waals surface area contributed by atoms with E-state index in [4.69, 9.17) is 14.5 Å². The largest absolute Gasteiger partial charge is 0.463 e. The van der Waals surface area contributed by atoms with Crippen LogP contribution in [0.4, 0.5) is 0 Å². The number of rotatable bonds is 6. The van der Waals surface area contributed by atoms with E-state index in [1.165, 1.54) is 32.6 Å². The first-order chi connectivity index (χ1) is 19.1. The molecule has 6 nitrogen and oxygen atoms in total. The van der Waals surface area contributed by atoms with E-state index in [0.29, 0.717) is 35.5 Å². The summed E-state index contributed by atoms with van der Waals surface area (Å²) in [5, 5.41) is 0. The lowest BCUT2D eigenvalue weighted by Gasteiger charge is -2.62. The van der Waals surface area contributed by atoms with E-state index in [1.807, 2.05) is 6.07 Å². The van der Waals surface area contributed by atoms with Crippen molar-refractivity contribution in [2.75, 3.05) is 0 Å². The normalized spacial score (nSPS) is 39.6. The molecule has 4 aliphatic rings. The molecule has 10 atom stereocenters. The fourth-order valence-corrected chi connectivity index (χ4v) is 10.5. The van der Waals surface area contributed by atoms with Crippen molar-refractivity contribution < 1.29 is 19.1 Å². The minimum absolute atomic E-state index is 0.0122. The number of nitrogens with one attached hydrogen (secondary N) is 1. The van der Waals surface area contributed by atoms with Crippen LogP contribution in [0, 0.1) is 46.3 Å². The molecule has 0 unspecified atom stereocenters. The summed E-state index contributed by atoms with van der Waals surface area (Å²) in [4.78, 5) is 32.5. The number of aromatic nitrogens is 2. The van der Waals surface area contributed by atoms with Crippen LogP contribution in [0.15, 0.2) is 24.3 Å². The fourth-order valence-electron chi connectivity index (χ4n) is 10.5. The molecule has 0 amide bonds. The number of ether oxygens (including phenoxy) is 2. The number of aromatic amines is 1. The Morgan fingerprint density at radius 2 is 1.77 bits per heavy atom. The molecule has 218 valence electrons. The Hall–Kier alpha value is -2.37. The van der Waals surface area contributed by atoms with Crippen molar-refractivity contribution in [3.8, 4) is 0 Å². The van der Waals surface area contributed by atoms with Crippen molar-refractivity contribution >= 4 is 23.0 Å². The molecule has 0 spiro atoms. The van der Waals surface area contributed by atoms with Gasteiger partial charge in [0.25, 0.3) is 0 Å². The summed E-state index contributed by atoms with van der Waals surface area (Å²) >= 11 is 0. The summed E-state index contributed by atoms with van der Waals surface area (Å²) in [7, 11) is 0. The minimum atomic E-state index is -0.155. The first kappa shape index (κ1) is 27.8. The third-order valence-electron chi connectivity index (χ3n) is 12.4. The van der Waals surface area contributed by atoms with Crippen LogP contribution in [0.5, 0.6) is 0 Å². The highest BCUT2D eigenvalue weighted by molar-refractivity contribution is 5.74. The topological polar surface area (TPSA) is 81.3 Å². The van der Waals surface area contributed by atoms with Crippen molar-refractivity contribution in [1.82, 2.24) is 9.97 Å².